The van der Waals surface area contributed by atoms with Crippen molar-refractivity contribution in [2.24, 2.45) is 0 Å². The molecule has 0 atom stereocenters. The van der Waals surface area contributed by atoms with E-state index in [1.807, 2.05) is 12.3 Å². The molecule has 0 saturated heterocycles. The Bertz CT molecular complexity index is 2830. The number of para-hydroxylation sites is 3. The molecule has 6 nitrogen and oxygen atoms in total. The highest BCUT2D eigenvalue weighted by molar-refractivity contribution is 6.16. The van der Waals surface area contributed by atoms with Gasteiger partial charge in [-0.15, -0.1) is 0 Å². The Labute approximate surface area is 261 Å². The molecular weight excluding hydrogens is 564 g/mol. The Kier molecular flexibility index (Phi) is 4.49. The zero-order chi connectivity index (χ0) is 29.9. The van der Waals surface area contributed by atoms with Crippen LogP contribution in [0, 0.1) is 0 Å². The van der Waals surface area contributed by atoms with E-state index in [1.54, 1.807) is 0 Å². The van der Waals surface area contributed by atoms with Crippen molar-refractivity contribution >= 4 is 87.6 Å². The van der Waals surface area contributed by atoms with Gasteiger partial charge in [0.15, 0.2) is 0 Å². The summed E-state index contributed by atoms with van der Waals surface area (Å²) in [5.41, 5.74) is 12.6. The lowest BCUT2D eigenvalue weighted by Gasteiger charge is -2.09. The molecule has 46 heavy (non-hydrogen) atoms. The number of benzene rings is 5. The molecule has 0 aliphatic rings. The van der Waals surface area contributed by atoms with Gasteiger partial charge < -0.3 is 14.5 Å². The highest BCUT2D eigenvalue weighted by atomic mass is 15.1. The summed E-state index contributed by atoms with van der Waals surface area (Å²) < 4.78 is 4.62. The van der Waals surface area contributed by atoms with Gasteiger partial charge >= 0.3 is 0 Å². The molecule has 0 spiro atoms. The summed E-state index contributed by atoms with van der Waals surface area (Å²) in [7, 11) is 0. The maximum Gasteiger partial charge on any atom is 0.146 e. The van der Waals surface area contributed by atoms with Gasteiger partial charge in [-0.3, -0.25) is 9.55 Å². The molecule has 5 aromatic carbocycles. The molecule has 0 aliphatic heterocycles. The van der Waals surface area contributed by atoms with Crippen LogP contribution in [0.5, 0.6) is 0 Å². The summed E-state index contributed by atoms with van der Waals surface area (Å²) in [5.74, 6) is 0. The van der Waals surface area contributed by atoms with Gasteiger partial charge in [-0.2, -0.15) is 0 Å². The summed E-state index contributed by atoms with van der Waals surface area (Å²) in [6.45, 7) is 0. The van der Waals surface area contributed by atoms with Crippen molar-refractivity contribution in [1.29, 1.82) is 0 Å². The van der Waals surface area contributed by atoms with E-state index in [-0.39, 0.29) is 0 Å². The van der Waals surface area contributed by atoms with Crippen LogP contribution in [0.4, 0.5) is 0 Å². The number of aromatic nitrogens is 6. The van der Waals surface area contributed by atoms with Crippen LogP contribution < -0.4 is 0 Å². The molecule has 0 radical (unpaired) electrons. The fourth-order valence-electron chi connectivity index (χ4n) is 7.60. The summed E-state index contributed by atoms with van der Waals surface area (Å²) in [6, 6.07) is 45.3. The van der Waals surface area contributed by atoms with E-state index in [0.717, 1.165) is 72.1 Å². The maximum absolute atomic E-state index is 5.46. The fraction of sp³-hybridized carbons (Fsp3) is 0. The molecule has 0 amide bonds. The molecule has 0 aliphatic carbocycles. The second kappa shape index (κ2) is 8.61. The molecule has 6 heteroatoms. The van der Waals surface area contributed by atoms with Crippen LogP contribution in [0.1, 0.15) is 0 Å². The number of rotatable bonds is 2. The Morgan fingerprint density at radius 3 is 1.72 bits per heavy atom. The maximum atomic E-state index is 5.46. The van der Waals surface area contributed by atoms with Crippen LogP contribution in [-0.2, 0) is 0 Å². The van der Waals surface area contributed by atoms with Crippen molar-refractivity contribution < 1.29 is 0 Å². The predicted octanol–water partition coefficient (Wildman–Crippen LogP) is 9.94. The van der Waals surface area contributed by atoms with Gasteiger partial charge in [-0.05, 0) is 72.8 Å². The molecule has 0 saturated carbocycles. The molecule has 0 unspecified atom stereocenters. The predicted molar refractivity (Wildman–Crippen MR) is 189 cm³/mol. The molecule has 11 rings (SSSR count). The average molecular weight is 589 g/mol. The van der Waals surface area contributed by atoms with Crippen molar-refractivity contribution in [3.63, 3.8) is 0 Å². The highest BCUT2D eigenvalue weighted by Crippen LogP contribution is 2.39. The van der Waals surface area contributed by atoms with Gasteiger partial charge in [0.05, 0.1) is 16.6 Å². The molecule has 0 bridgehead atoms. The van der Waals surface area contributed by atoms with Gasteiger partial charge in [0.25, 0.3) is 0 Å². The zero-order valence-corrected chi connectivity index (χ0v) is 24.5. The second-order valence-electron chi connectivity index (χ2n) is 12.1. The second-order valence-corrected chi connectivity index (χ2v) is 12.1. The third kappa shape index (κ3) is 3.09. The minimum atomic E-state index is 0.888. The van der Waals surface area contributed by atoms with E-state index in [0.29, 0.717) is 0 Å². The van der Waals surface area contributed by atoms with E-state index in [9.17, 15) is 0 Å². The standard InChI is InChI=1S/C40H24N6/c1-4-11-31-25(8-1)28-20-23(15-17-33(28)42-31)45-36-14-7-19-41-38(36)39-37(45)22-30-27-10-3-6-13-35(27)46(40(30)44-39)24-16-18-34-29(21-24)26-9-2-5-12-32(26)43-34/h1-22,42-43H. The van der Waals surface area contributed by atoms with Crippen molar-refractivity contribution in [3.05, 3.63) is 134 Å². The van der Waals surface area contributed by atoms with Crippen molar-refractivity contribution in [2.75, 3.05) is 0 Å². The lowest BCUT2D eigenvalue weighted by molar-refractivity contribution is 1.15. The number of aromatic amines is 2. The minimum Gasteiger partial charge on any atom is -0.355 e. The number of H-pyrrole nitrogens is 2. The van der Waals surface area contributed by atoms with Gasteiger partial charge in [0.1, 0.15) is 16.7 Å². The van der Waals surface area contributed by atoms with Crippen LogP contribution in [0.15, 0.2) is 134 Å². The summed E-state index contributed by atoms with van der Waals surface area (Å²) in [4.78, 5) is 17.5. The first kappa shape index (κ1) is 24.0. The van der Waals surface area contributed by atoms with E-state index in [1.165, 1.54) is 26.9 Å². The van der Waals surface area contributed by atoms with E-state index in [4.69, 9.17) is 9.97 Å². The highest BCUT2D eigenvalue weighted by Gasteiger charge is 2.21. The first-order valence-corrected chi connectivity index (χ1v) is 15.5. The zero-order valence-electron chi connectivity index (χ0n) is 24.5. The topological polar surface area (TPSA) is 67.2 Å². The van der Waals surface area contributed by atoms with Crippen LogP contribution in [0.25, 0.3) is 99.0 Å². The van der Waals surface area contributed by atoms with Crippen molar-refractivity contribution in [3.8, 4) is 11.4 Å². The van der Waals surface area contributed by atoms with Gasteiger partial charge in [-0.25, -0.2) is 4.98 Å². The fourth-order valence-corrected chi connectivity index (χ4v) is 7.60. The summed E-state index contributed by atoms with van der Waals surface area (Å²) in [5, 5.41) is 7.11. The third-order valence-electron chi connectivity index (χ3n) is 9.62. The Hall–Kier alpha value is -6.40. The molecule has 2 N–H and O–H groups in total. The lowest BCUT2D eigenvalue weighted by Crippen LogP contribution is -1.96. The number of pyridine rings is 2. The molecule has 214 valence electrons. The number of hydrogen-bond acceptors (Lipinski definition) is 2. The van der Waals surface area contributed by atoms with Crippen LogP contribution >= 0.6 is 0 Å². The summed E-state index contributed by atoms with van der Waals surface area (Å²) >= 11 is 0. The monoisotopic (exact) mass is 588 g/mol. The Balaban J connectivity index is 1.24. The largest absolute Gasteiger partial charge is 0.355 e. The van der Waals surface area contributed by atoms with Crippen LogP contribution in [0.3, 0.4) is 0 Å². The normalized spacial score (nSPS) is 12.3. The van der Waals surface area contributed by atoms with Gasteiger partial charge in [0, 0.05) is 72.0 Å². The van der Waals surface area contributed by atoms with Gasteiger partial charge in [0.2, 0.25) is 0 Å². The van der Waals surface area contributed by atoms with Crippen molar-refractivity contribution in [2.45, 2.75) is 0 Å². The third-order valence-corrected chi connectivity index (χ3v) is 9.62. The van der Waals surface area contributed by atoms with Gasteiger partial charge in [-0.1, -0.05) is 54.6 Å². The average Bonchev–Trinajstić information content (AvgIpc) is 3.84. The Morgan fingerprint density at radius 2 is 1.00 bits per heavy atom. The first-order valence-electron chi connectivity index (χ1n) is 15.5. The van der Waals surface area contributed by atoms with Crippen LogP contribution in [-0.4, -0.2) is 29.1 Å². The lowest BCUT2D eigenvalue weighted by atomic mass is 10.1. The molecule has 6 aromatic heterocycles. The number of fused-ring (bicyclic) bond motifs is 12. The van der Waals surface area contributed by atoms with Crippen LogP contribution in [0.2, 0.25) is 0 Å². The van der Waals surface area contributed by atoms with E-state index in [2.05, 4.69) is 140 Å². The Morgan fingerprint density at radius 1 is 0.413 bits per heavy atom. The number of hydrogen-bond donors (Lipinski definition) is 2. The van der Waals surface area contributed by atoms with Crippen molar-refractivity contribution in [1.82, 2.24) is 29.1 Å². The molecule has 0 fully saturated rings. The SMILES string of the molecule is c1ccc2c(c1)[nH]c1ccc(-n3c4cccnc4c4nc5c(cc43)c3ccccc3n5-c3ccc4[nH]c5ccccc5c4c3)cc12. The quantitative estimate of drug-likeness (QED) is 0.211. The number of nitrogens with one attached hydrogen (secondary N) is 2. The van der Waals surface area contributed by atoms with E-state index >= 15 is 0 Å². The molecular formula is C40H24N6. The summed E-state index contributed by atoms with van der Waals surface area (Å²) in [6.07, 6.45) is 1.86. The number of nitrogens with zero attached hydrogens (tertiary/aromatic N) is 4. The first-order chi connectivity index (χ1) is 22.8. The van der Waals surface area contributed by atoms with E-state index < -0.39 is 0 Å². The smallest absolute Gasteiger partial charge is 0.146 e. The molecule has 6 heterocycles. The minimum absolute atomic E-state index is 0.888. The molecule has 11 aromatic rings.